The molecule has 0 N–H and O–H groups in total. The van der Waals surface area contributed by atoms with Gasteiger partial charge in [-0.3, -0.25) is 4.79 Å². The highest BCUT2D eigenvalue weighted by Gasteiger charge is 2.28. The molecular weight excluding hydrogens is 376 g/mol. The Hall–Kier alpha value is -3.37. The third-order valence-electron chi connectivity index (χ3n) is 4.32. The molecule has 0 unspecified atom stereocenters. The molecule has 4 rings (SSSR count). The molecule has 3 aromatic carbocycles. The SMILES string of the molecule is Cc1ccc(C=C2Oc3cc(OC(=O)c4ccccc4Cl)ccc3C2=O)cc1. The zero-order valence-electron chi connectivity index (χ0n) is 14.9. The molecule has 4 nitrogen and oxygen atoms in total. The van der Waals surface area contributed by atoms with Crippen molar-refractivity contribution in [3.05, 3.63) is 99.8 Å². The van der Waals surface area contributed by atoms with Crippen LogP contribution < -0.4 is 9.47 Å². The molecule has 0 atom stereocenters. The molecule has 0 spiro atoms. The molecule has 0 saturated carbocycles. The summed E-state index contributed by atoms with van der Waals surface area (Å²) in [6.07, 6.45) is 1.69. The van der Waals surface area contributed by atoms with Gasteiger partial charge in [-0.15, -0.1) is 0 Å². The molecule has 138 valence electrons. The van der Waals surface area contributed by atoms with Crippen LogP contribution in [0.3, 0.4) is 0 Å². The van der Waals surface area contributed by atoms with Crippen LogP contribution in [0.25, 0.3) is 6.08 Å². The van der Waals surface area contributed by atoms with Gasteiger partial charge in [0.25, 0.3) is 0 Å². The van der Waals surface area contributed by atoms with Gasteiger partial charge in [0.2, 0.25) is 5.78 Å². The Morgan fingerprint density at radius 1 is 1.04 bits per heavy atom. The molecule has 0 bridgehead atoms. The Labute approximate surface area is 167 Å². The van der Waals surface area contributed by atoms with Crippen molar-refractivity contribution in [2.45, 2.75) is 6.92 Å². The van der Waals surface area contributed by atoms with Crippen LogP contribution >= 0.6 is 11.6 Å². The molecule has 0 radical (unpaired) electrons. The van der Waals surface area contributed by atoms with E-state index in [-0.39, 0.29) is 22.9 Å². The Bertz CT molecular complexity index is 1110. The van der Waals surface area contributed by atoms with Crippen LogP contribution in [0.15, 0.2) is 72.5 Å². The number of benzene rings is 3. The molecule has 1 aliphatic rings. The number of Topliss-reactive ketones (excluding diaryl/α,β-unsaturated/α-hetero) is 1. The first kappa shape index (κ1) is 18.0. The van der Waals surface area contributed by atoms with Gasteiger partial charge in [-0.25, -0.2) is 4.79 Å². The van der Waals surface area contributed by atoms with Gasteiger partial charge >= 0.3 is 5.97 Å². The van der Waals surface area contributed by atoms with E-state index >= 15 is 0 Å². The fourth-order valence-electron chi connectivity index (χ4n) is 2.83. The molecule has 0 aromatic heterocycles. The lowest BCUT2D eigenvalue weighted by Crippen LogP contribution is -2.09. The van der Waals surface area contributed by atoms with E-state index in [0.29, 0.717) is 16.3 Å². The highest BCUT2D eigenvalue weighted by molar-refractivity contribution is 6.33. The van der Waals surface area contributed by atoms with Crippen LogP contribution in [0.5, 0.6) is 11.5 Å². The van der Waals surface area contributed by atoms with Gasteiger partial charge in [0.05, 0.1) is 16.1 Å². The number of hydrogen-bond donors (Lipinski definition) is 0. The molecule has 3 aromatic rings. The minimum atomic E-state index is -0.578. The van der Waals surface area contributed by atoms with Crippen molar-refractivity contribution in [1.82, 2.24) is 0 Å². The van der Waals surface area contributed by atoms with E-state index in [1.165, 1.54) is 6.07 Å². The van der Waals surface area contributed by atoms with Gasteiger partial charge in [0.1, 0.15) is 11.5 Å². The maximum Gasteiger partial charge on any atom is 0.345 e. The molecular formula is C23H15ClO4. The first-order valence-electron chi connectivity index (χ1n) is 8.63. The van der Waals surface area contributed by atoms with Gasteiger partial charge in [-0.2, -0.15) is 0 Å². The highest BCUT2D eigenvalue weighted by Crippen LogP contribution is 2.35. The van der Waals surface area contributed by atoms with Crippen LogP contribution in [-0.4, -0.2) is 11.8 Å². The lowest BCUT2D eigenvalue weighted by Gasteiger charge is -2.06. The van der Waals surface area contributed by atoms with E-state index < -0.39 is 5.97 Å². The molecule has 28 heavy (non-hydrogen) atoms. The number of allylic oxidation sites excluding steroid dienone is 1. The van der Waals surface area contributed by atoms with Gasteiger partial charge in [-0.05, 0) is 42.8 Å². The quantitative estimate of drug-likeness (QED) is 0.337. The molecule has 0 fully saturated rings. The molecule has 0 saturated heterocycles. The number of carbonyl (C=O) groups excluding carboxylic acids is 2. The van der Waals surface area contributed by atoms with Crippen molar-refractivity contribution in [2.75, 3.05) is 0 Å². The van der Waals surface area contributed by atoms with E-state index in [2.05, 4.69) is 0 Å². The van der Waals surface area contributed by atoms with Crippen molar-refractivity contribution >= 4 is 29.4 Å². The summed E-state index contributed by atoms with van der Waals surface area (Å²) in [5.74, 6) is 0.0687. The fraction of sp³-hybridized carbons (Fsp3) is 0.0435. The van der Waals surface area contributed by atoms with E-state index in [0.717, 1.165) is 11.1 Å². The minimum Gasteiger partial charge on any atom is -0.452 e. The Kier molecular flexibility index (Phi) is 4.72. The summed E-state index contributed by atoms with van der Waals surface area (Å²) in [5.41, 5.74) is 2.69. The molecule has 1 aliphatic heterocycles. The number of carbonyl (C=O) groups is 2. The Morgan fingerprint density at radius 2 is 1.79 bits per heavy atom. The maximum absolute atomic E-state index is 12.5. The Balaban J connectivity index is 1.56. The van der Waals surface area contributed by atoms with Crippen LogP contribution in [0.1, 0.15) is 31.8 Å². The number of fused-ring (bicyclic) bond motifs is 1. The van der Waals surface area contributed by atoms with Crippen molar-refractivity contribution < 1.29 is 19.1 Å². The van der Waals surface area contributed by atoms with Gasteiger partial charge in [0, 0.05) is 6.07 Å². The summed E-state index contributed by atoms with van der Waals surface area (Å²) >= 11 is 6.03. The van der Waals surface area contributed by atoms with E-state index in [4.69, 9.17) is 21.1 Å². The van der Waals surface area contributed by atoms with E-state index in [1.807, 2.05) is 31.2 Å². The average Bonchev–Trinajstić information content (AvgIpc) is 2.99. The number of rotatable bonds is 3. The number of hydrogen-bond acceptors (Lipinski definition) is 4. The highest BCUT2D eigenvalue weighted by atomic mass is 35.5. The number of esters is 1. The predicted molar refractivity (Wildman–Crippen MR) is 107 cm³/mol. The monoisotopic (exact) mass is 390 g/mol. The van der Waals surface area contributed by atoms with Crippen molar-refractivity contribution in [3.63, 3.8) is 0 Å². The third-order valence-corrected chi connectivity index (χ3v) is 4.65. The van der Waals surface area contributed by atoms with Gasteiger partial charge in [0.15, 0.2) is 5.76 Å². The van der Waals surface area contributed by atoms with Gasteiger partial charge < -0.3 is 9.47 Å². The van der Waals surface area contributed by atoms with Crippen LogP contribution in [0, 0.1) is 6.92 Å². The summed E-state index contributed by atoms with van der Waals surface area (Å²) in [6.45, 7) is 2.00. The number of aryl methyl sites for hydroxylation is 1. The van der Waals surface area contributed by atoms with Gasteiger partial charge in [-0.1, -0.05) is 53.6 Å². The van der Waals surface area contributed by atoms with Crippen LogP contribution in [-0.2, 0) is 0 Å². The standard InChI is InChI=1S/C23H15ClO4/c1-14-6-8-15(9-7-14)12-21-22(25)18-11-10-16(13-20(18)28-21)27-23(26)17-4-2-3-5-19(17)24/h2-13H,1H3. The molecule has 0 aliphatic carbocycles. The summed E-state index contributed by atoms with van der Waals surface area (Å²) in [4.78, 5) is 24.9. The predicted octanol–water partition coefficient (Wildman–Crippen LogP) is 5.48. The van der Waals surface area contributed by atoms with Crippen molar-refractivity contribution in [2.24, 2.45) is 0 Å². The number of halogens is 1. The second-order valence-corrected chi connectivity index (χ2v) is 6.78. The lowest BCUT2D eigenvalue weighted by molar-refractivity contribution is 0.0734. The number of ether oxygens (including phenoxy) is 2. The normalized spacial score (nSPS) is 13.9. The van der Waals surface area contributed by atoms with Crippen LogP contribution in [0.4, 0.5) is 0 Å². The zero-order chi connectivity index (χ0) is 19.7. The zero-order valence-corrected chi connectivity index (χ0v) is 15.7. The van der Waals surface area contributed by atoms with E-state index in [1.54, 1.807) is 42.5 Å². The lowest BCUT2D eigenvalue weighted by atomic mass is 10.1. The minimum absolute atomic E-state index is 0.209. The smallest absolute Gasteiger partial charge is 0.345 e. The summed E-state index contributed by atoms with van der Waals surface area (Å²) in [6, 6.07) is 19.1. The fourth-order valence-corrected chi connectivity index (χ4v) is 3.05. The third kappa shape index (κ3) is 3.55. The maximum atomic E-state index is 12.5. The van der Waals surface area contributed by atoms with Crippen molar-refractivity contribution in [1.29, 1.82) is 0 Å². The number of ketones is 1. The average molecular weight is 391 g/mol. The first-order chi connectivity index (χ1) is 13.5. The topological polar surface area (TPSA) is 52.6 Å². The second kappa shape index (κ2) is 7.33. The summed E-state index contributed by atoms with van der Waals surface area (Å²) in [7, 11) is 0. The molecule has 1 heterocycles. The second-order valence-electron chi connectivity index (χ2n) is 6.38. The molecule has 0 amide bonds. The Morgan fingerprint density at radius 3 is 2.54 bits per heavy atom. The van der Waals surface area contributed by atoms with Crippen molar-refractivity contribution in [3.8, 4) is 11.5 Å². The summed E-state index contributed by atoms with van der Waals surface area (Å²) < 4.78 is 11.1. The van der Waals surface area contributed by atoms with Crippen LogP contribution in [0.2, 0.25) is 5.02 Å². The molecule has 5 heteroatoms. The van der Waals surface area contributed by atoms with E-state index in [9.17, 15) is 9.59 Å². The first-order valence-corrected chi connectivity index (χ1v) is 9.01. The summed E-state index contributed by atoms with van der Waals surface area (Å²) in [5, 5.41) is 0.309. The largest absolute Gasteiger partial charge is 0.452 e.